The van der Waals surface area contributed by atoms with Gasteiger partial charge in [-0.05, 0) is 12.5 Å². The smallest absolute Gasteiger partial charge is 0.273 e. The summed E-state index contributed by atoms with van der Waals surface area (Å²) in [5, 5.41) is 12.6. The summed E-state index contributed by atoms with van der Waals surface area (Å²) in [6.07, 6.45) is 4.31. The van der Waals surface area contributed by atoms with E-state index in [1.807, 2.05) is 0 Å². The van der Waals surface area contributed by atoms with Crippen molar-refractivity contribution in [3.05, 3.63) is 26.9 Å². The van der Waals surface area contributed by atoms with Gasteiger partial charge in [-0.1, -0.05) is 54.3 Å². The molecule has 0 fully saturated rings. The normalized spacial score (nSPS) is 10.8. The number of aromatic amines is 1. The molecule has 0 saturated heterocycles. The van der Waals surface area contributed by atoms with Crippen LogP contribution in [-0.2, 0) is 6.42 Å². The zero-order valence-corrected chi connectivity index (χ0v) is 13.2. The van der Waals surface area contributed by atoms with Gasteiger partial charge < -0.3 is 4.98 Å². The highest BCUT2D eigenvalue weighted by Crippen LogP contribution is 2.23. The van der Waals surface area contributed by atoms with Crippen LogP contribution in [0.15, 0.2) is 6.07 Å². The topological polar surface area (TPSA) is 70.7 Å². The molecular weight excluding hydrogens is 319 g/mol. The van der Waals surface area contributed by atoms with Crippen LogP contribution >= 0.6 is 34.5 Å². The first-order valence-electron chi connectivity index (χ1n) is 6.28. The molecule has 0 atom stereocenters. The van der Waals surface area contributed by atoms with Crippen LogP contribution in [0.1, 0.15) is 41.7 Å². The second-order valence-corrected chi connectivity index (χ2v) is 6.10. The average molecular weight is 333 g/mol. The summed E-state index contributed by atoms with van der Waals surface area (Å²) in [7, 11) is 0. The summed E-state index contributed by atoms with van der Waals surface area (Å²) in [5.41, 5.74) is 0.294. The zero-order valence-electron chi connectivity index (χ0n) is 10.9. The molecule has 0 radical (unpaired) electrons. The Bertz CT molecular complexity index is 577. The van der Waals surface area contributed by atoms with Gasteiger partial charge in [0.2, 0.25) is 5.13 Å². The molecule has 8 heteroatoms. The molecule has 2 aromatic rings. The Morgan fingerprint density at radius 2 is 2.20 bits per heavy atom. The molecule has 0 unspecified atom stereocenters. The van der Waals surface area contributed by atoms with Crippen molar-refractivity contribution in [1.29, 1.82) is 0 Å². The third-order valence-corrected chi connectivity index (χ3v) is 4.24. The molecule has 0 saturated carbocycles. The number of rotatable bonds is 6. The van der Waals surface area contributed by atoms with Gasteiger partial charge in [0.1, 0.15) is 15.9 Å². The summed E-state index contributed by atoms with van der Waals surface area (Å²) in [6.45, 7) is 2.15. The van der Waals surface area contributed by atoms with Crippen LogP contribution in [0.4, 0.5) is 5.13 Å². The zero-order chi connectivity index (χ0) is 14.5. The minimum Gasteiger partial charge on any atom is -0.340 e. The van der Waals surface area contributed by atoms with Gasteiger partial charge >= 0.3 is 0 Å². The number of carbonyl (C=O) groups is 1. The van der Waals surface area contributed by atoms with Crippen molar-refractivity contribution in [1.82, 2.24) is 15.2 Å². The van der Waals surface area contributed by atoms with E-state index in [0.717, 1.165) is 24.3 Å². The predicted molar refractivity (Wildman–Crippen MR) is 81.9 cm³/mol. The first-order valence-corrected chi connectivity index (χ1v) is 7.85. The number of carbonyl (C=O) groups excluding carboxylic acids is 1. The van der Waals surface area contributed by atoms with Gasteiger partial charge in [0.15, 0.2) is 0 Å². The maximum Gasteiger partial charge on any atom is 0.273 e. The molecule has 0 bridgehead atoms. The number of nitrogens with one attached hydrogen (secondary N) is 2. The van der Waals surface area contributed by atoms with Crippen LogP contribution in [0.5, 0.6) is 0 Å². The van der Waals surface area contributed by atoms with Gasteiger partial charge in [-0.2, -0.15) is 0 Å². The molecule has 0 aromatic carbocycles. The largest absolute Gasteiger partial charge is 0.340 e. The number of hydrogen-bond acceptors (Lipinski definition) is 4. The lowest BCUT2D eigenvalue weighted by Gasteiger charge is -1.97. The molecule has 20 heavy (non-hydrogen) atoms. The van der Waals surface area contributed by atoms with Crippen LogP contribution in [0.3, 0.4) is 0 Å². The molecule has 2 N–H and O–H groups in total. The summed E-state index contributed by atoms with van der Waals surface area (Å²) >= 11 is 12.9. The fourth-order valence-electron chi connectivity index (χ4n) is 1.62. The lowest BCUT2D eigenvalue weighted by molar-refractivity contribution is 0.102. The Labute approximate surface area is 130 Å². The fourth-order valence-corrected chi connectivity index (χ4v) is 2.71. The molecular formula is C12H14Cl2N4OS. The van der Waals surface area contributed by atoms with Crippen LogP contribution in [0.2, 0.25) is 10.2 Å². The van der Waals surface area contributed by atoms with Gasteiger partial charge in [-0.25, -0.2) is 0 Å². The predicted octanol–water partition coefficient (Wildman–Crippen LogP) is 4.16. The average Bonchev–Trinajstić information content (AvgIpc) is 2.98. The number of unbranched alkanes of at least 4 members (excludes halogenated alkanes) is 2. The number of aryl methyl sites for hydroxylation is 1. The molecule has 0 aliphatic heterocycles. The monoisotopic (exact) mass is 332 g/mol. The molecule has 2 heterocycles. The van der Waals surface area contributed by atoms with E-state index >= 15 is 0 Å². The van der Waals surface area contributed by atoms with Crippen LogP contribution < -0.4 is 5.32 Å². The number of aromatic nitrogens is 3. The summed E-state index contributed by atoms with van der Waals surface area (Å²) < 4.78 is 0. The van der Waals surface area contributed by atoms with Gasteiger partial charge in [0.05, 0.1) is 5.02 Å². The van der Waals surface area contributed by atoms with Crippen molar-refractivity contribution in [2.24, 2.45) is 0 Å². The van der Waals surface area contributed by atoms with Crippen molar-refractivity contribution < 1.29 is 4.79 Å². The quantitative estimate of drug-likeness (QED) is 0.780. The van der Waals surface area contributed by atoms with E-state index in [1.54, 1.807) is 0 Å². The van der Waals surface area contributed by atoms with Crippen molar-refractivity contribution in [3.8, 4) is 0 Å². The van der Waals surface area contributed by atoms with E-state index in [4.69, 9.17) is 23.2 Å². The van der Waals surface area contributed by atoms with Crippen molar-refractivity contribution in [2.45, 2.75) is 32.6 Å². The highest BCUT2D eigenvalue weighted by atomic mass is 35.5. The van der Waals surface area contributed by atoms with Gasteiger partial charge in [-0.15, -0.1) is 10.2 Å². The van der Waals surface area contributed by atoms with Gasteiger partial charge in [0, 0.05) is 6.42 Å². The summed E-state index contributed by atoms with van der Waals surface area (Å²) in [5.74, 6) is -0.338. The molecule has 5 nitrogen and oxygen atoms in total. The number of nitrogens with zero attached hydrogens (tertiary/aromatic N) is 2. The molecule has 0 spiro atoms. The molecule has 0 aliphatic carbocycles. The van der Waals surface area contributed by atoms with Crippen molar-refractivity contribution in [2.75, 3.05) is 5.32 Å². The molecule has 2 rings (SSSR count). The first kappa shape index (κ1) is 15.3. The molecule has 2 aromatic heterocycles. The molecule has 108 valence electrons. The Morgan fingerprint density at radius 1 is 1.40 bits per heavy atom. The number of anilines is 1. The lowest BCUT2D eigenvalue weighted by Crippen LogP contribution is -2.11. The minimum atomic E-state index is -0.338. The lowest BCUT2D eigenvalue weighted by atomic mass is 10.2. The van der Waals surface area contributed by atoms with E-state index in [0.29, 0.717) is 15.8 Å². The first-order chi connectivity index (χ1) is 9.60. The van der Waals surface area contributed by atoms with E-state index < -0.39 is 0 Å². The third-order valence-electron chi connectivity index (χ3n) is 2.65. The third kappa shape index (κ3) is 3.94. The fraction of sp³-hybridized carbons (Fsp3) is 0.417. The molecule has 0 aliphatic rings. The minimum absolute atomic E-state index is 0.245. The Hall–Kier alpha value is -1.11. The van der Waals surface area contributed by atoms with Crippen LogP contribution in [-0.4, -0.2) is 21.1 Å². The summed E-state index contributed by atoms with van der Waals surface area (Å²) in [6, 6.07) is 1.47. The maximum atomic E-state index is 11.9. The van der Waals surface area contributed by atoms with E-state index in [2.05, 4.69) is 27.4 Å². The standard InChI is InChI=1S/C12H14Cl2N4OS/c1-2-3-4-5-9-17-18-12(20-9)16-11(19)8-6-7(13)10(14)15-8/h6,15H,2-5H2,1H3,(H,16,18,19). The van der Waals surface area contributed by atoms with E-state index in [1.165, 1.54) is 23.8 Å². The second-order valence-electron chi connectivity index (χ2n) is 4.26. The van der Waals surface area contributed by atoms with E-state index in [9.17, 15) is 4.79 Å². The SMILES string of the molecule is CCCCCc1nnc(NC(=O)c2cc(Cl)c(Cl)[nH]2)s1. The highest BCUT2D eigenvalue weighted by molar-refractivity contribution is 7.15. The Kier molecular flexibility index (Phi) is 5.39. The Morgan fingerprint density at radius 3 is 2.85 bits per heavy atom. The van der Waals surface area contributed by atoms with E-state index in [-0.39, 0.29) is 11.1 Å². The van der Waals surface area contributed by atoms with Crippen molar-refractivity contribution >= 4 is 45.6 Å². The highest BCUT2D eigenvalue weighted by Gasteiger charge is 2.14. The number of H-pyrrole nitrogens is 1. The molecule has 1 amide bonds. The van der Waals surface area contributed by atoms with Crippen LogP contribution in [0, 0.1) is 0 Å². The maximum absolute atomic E-state index is 11.9. The van der Waals surface area contributed by atoms with Crippen molar-refractivity contribution in [3.63, 3.8) is 0 Å². The van der Waals surface area contributed by atoms with Crippen LogP contribution in [0.25, 0.3) is 0 Å². The number of hydrogen-bond donors (Lipinski definition) is 2. The number of amides is 1. The summed E-state index contributed by atoms with van der Waals surface area (Å²) in [4.78, 5) is 14.6. The van der Waals surface area contributed by atoms with Gasteiger partial charge in [-0.3, -0.25) is 10.1 Å². The number of halogens is 2. The Balaban J connectivity index is 1.94. The van der Waals surface area contributed by atoms with Gasteiger partial charge in [0.25, 0.3) is 5.91 Å². The second kappa shape index (κ2) is 7.06.